The van der Waals surface area contributed by atoms with Crippen molar-refractivity contribution < 1.29 is 23.9 Å². The minimum atomic E-state index is -1.64. The Kier molecular flexibility index (Phi) is 5.43. The van der Waals surface area contributed by atoms with Crippen molar-refractivity contribution in [1.82, 2.24) is 4.90 Å². The number of carbonyl (C=O) groups is 3. The largest absolute Gasteiger partial charge is 0.479 e. The molecule has 1 aromatic rings. The molecule has 1 saturated heterocycles. The molecule has 1 heterocycles. The van der Waals surface area contributed by atoms with Gasteiger partial charge in [-0.1, -0.05) is 12.1 Å². The Balaban J connectivity index is 2.49. The van der Waals surface area contributed by atoms with E-state index in [1.807, 2.05) is 0 Å². The zero-order valence-corrected chi connectivity index (χ0v) is 13.9. The fourth-order valence-electron chi connectivity index (χ4n) is 3.02. The molecule has 6 nitrogen and oxygen atoms in total. The van der Waals surface area contributed by atoms with Gasteiger partial charge in [0.1, 0.15) is 17.2 Å². The highest BCUT2D eigenvalue weighted by atomic mass is 35.5. The Bertz CT molecular complexity index is 659. The van der Waals surface area contributed by atoms with Crippen molar-refractivity contribution in [2.24, 2.45) is 0 Å². The van der Waals surface area contributed by atoms with Gasteiger partial charge in [-0.2, -0.15) is 0 Å². The predicted octanol–water partition coefficient (Wildman–Crippen LogP) is 1.86. The monoisotopic (exact) mass is 356 g/mol. The average molecular weight is 357 g/mol. The number of hydrogen-bond donors (Lipinski definition) is 1. The van der Waals surface area contributed by atoms with Crippen molar-refractivity contribution in [2.75, 3.05) is 23.9 Å². The number of rotatable bonds is 4. The zero-order chi connectivity index (χ0) is 17.9. The average Bonchev–Trinajstić information content (AvgIpc) is 2.56. The molecule has 0 aliphatic carbocycles. The van der Waals surface area contributed by atoms with Crippen LogP contribution in [0.5, 0.6) is 0 Å². The van der Waals surface area contributed by atoms with Gasteiger partial charge in [-0.3, -0.25) is 14.5 Å². The minimum Gasteiger partial charge on any atom is -0.479 e. The van der Waals surface area contributed by atoms with Gasteiger partial charge in [-0.25, -0.2) is 9.18 Å². The fraction of sp³-hybridized carbons (Fsp3) is 0.438. The standard InChI is InChI=1S/C16H18ClFN2O4/c1-11(21)19-8-6-16(7-9-19,15(23)24)20(14(22)10-17)13-5-3-2-4-12(13)18/h2-5H,6-10H2,1H3,(H,23,24). The molecule has 130 valence electrons. The normalized spacial score (nSPS) is 16.5. The van der Waals surface area contributed by atoms with Gasteiger partial charge in [0.2, 0.25) is 11.8 Å². The van der Waals surface area contributed by atoms with Crippen LogP contribution in [0.2, 0.25) is 0 Å². The molecule has 2 amide bonds. The highest BCUT2D eigenvalue weighted by molar-refractivity contribution is 6.30. The van der Waals surface area contributed by atoms with Gasteiger partial charge in [0, 0.05) is 20.0 Å². The van der Waals surface area contributed by atoms with Crippen LogP contribution in [0.1, 0.15) is 19.8 Å². The van der Waals surface area contributed by atoms with Crippen molar-refractivity contribution in [3.05, 3.63) is 30.1 Å². The molecular weight excluding hydrogens is 339 g/mol. The number of aliphatic carboxylic acids is 1. The maximum absolute atomic E-state index is 14.2. The van der Waals surface area contributed by atoms with Crippen molar-refractivity contribution in [3.8, 4) is 0 Å². The number of anilines is 1. The second-order valence-corrected chi connectivity index (χ2v) is 5.92. The summed E-state index contributed by atoms with van der Waals surface area (Å²) in [7, 11) is 0. The second kappa shape index (κ2) is 7.17. The number of alkyl halides is 1. The molecule has 1 aliphatic rings. The van der Waals surface area contributed by atoms with Crippen LogP contribution in [0.15, 0.2) is 24.3 Å². The molecule has 0 bridgehead atoms. The molecule has 0 spiro atoms. The summed E-state index contributed by atoms with van der Waals surface area (Å²) in [6.45, 7) is 1.73. The van der Waals surface area contributed by atoms with E-state index >= 15 is 0 Å². The smallest absolute Gasteiger partial charge is 0.330 e. The van der Waals surface area contributed by atoms with Gasteiger partial charge in [-0.15, -0.1) is 11.6 Å². The van der Waals surface area contributed by atoms with E-state index in [4.69, 9.17) is 11.6 Å². The van der Waals surface area contributed by atoms with E-state index in [-0.39, 0.29) is 37.5 Å². The molecular formula is C16H18ClFN2O4. The first-order chi connectivity index (χ1) is 11.3. The summed E-state index contributed by atoms with van der Waals surface area (Å²) < 4.78 is 14.2. The van der Waals surface area contributed by atoms with Gasteiger partial charge in [0.05, 0.1) is 5.69 Å². The lowest BCUT2D eigenvalue weighted by atomic mass is 9.84. The van der Waals surface area contributed by atoms with Crippen LogP contribution in [0.3, 0.4) is 0 Å². The lowest BCUT2D eigenvalue weighted by Gasteiger charge is -2.45. The SMILES string of the molecule is CC(=O)N1CCC(C(=O)O)(N(C(=O)CCl)c2ccccc2F)CC1. The number of benzene rings is 1. The first-order valence-corrected chi connectivity index (χ1v) is 7.99. The predicted molar refractivity (Wildman–Crippen MR) is 86.5 cm³/mol. The van der Waals surface area contributed by atoms with Gasteiger partial charge >= 0.3 is 5.97 Å². The Hall–Kier alpha value is -2.15. The lowest BCUT2D eigenvalue weighted by molar-refractivity contribution is -0.149. The first kappa shape index (κ1) is 18.2. The fourth-order valence-corrected chi connectivity index (χ4v) is 3.14. The Morgan fingerprint density at radius 1 is 1.29 bits per heavy atom. The lowest BCUT2D eigenvalue weighted by Crippen LogP contribution is -2.63. The molecule has 0 radical (unpaired) electrons. The molecule has 8 heteroatoms. The van der Waals surface area contributed by atoms with Crippen LogP contribution in [-0.2, 0) is 14.4 Å². The highest BCUT2D eigenvalue weighted by Gasteiger charge is 2.50. The third kappa shape index (κ3) is 3.21. The molecule has 0 unspecified atom stereocenters. The molecule has 2 rings (SSSR count). The van der Waals surface area contributed by atoms with Crippen LogP contribution in [-0.4, -0.2) is 52.3 Å². The number of likely N-dealkylation sites (tertiary alicyclic amines) is 1. The summed E-state index contributed by atoms with van der Waals surface area (Å²) in [5.41, 5.74) is -1.76. The third-order valence-corrected chi connectivity index (χ3v) is 4.55. The Morgan fingerprint density at radius 2 is 1.88 bits per heavy atom. The van der Waals surface area contributed by atoms with Crippen molar-refractivity contribution in [1.29, 1.82) is 0 Å². The van der Waals surface area contributed by atoms with Crippen molar-refractivity contribution >= 4 is 35.1 Å². The van der Waals surface area contributed by atoms with Crippen molar-refractivity contribution in [3.63, 3.8) is 0 Å². The molecule has 0 atom stereocenters. The van der Waals surface area contributed by atoms with Crippen molar-refractivity contribution in [2.45, 2.75) is 25.3 Å². The summed E-state index contributed by atoms with van der Waals surface area (Å²) >= 11 is 5.64. The summed E-state index contributed by atoms with van der Waals surface area (Å²) in [5.74, 6) is -3.28. The summed E-state index contributed by atoms with van der Waals surface area (Å²) in [6, 6.07) is 5.48. The maximum Gasteiger partial charge on any atom is 0.330 e. The molecule has 1 N–H and O–H groups in total. The number of carboxylic acids is 1. The number of nitrogens with zero attached hydrogens (tertiary/aromatic N) is 2. The van der Waals surface area contributed by atoms with Crippen LogP contribution in [0.25, 0.3) is 0 Å². The van der Waals surface area contributed by atoms with Crippen LogP contribution >= 0.6 is 11.6 Å². The number of hydrogen-bond acceptors (Lipinski definition) is 3. The highest BCUT2D eigenvalue weighted by Crippen LogP contribution is 2.35. The number of amides is 2. The molecule has 1 aromatic carbocycles. The Morgan fingerprint density at radius 3 is 2.33 bits per heavy atom. The van der Waals surface area contributed by atoms with Crippen LogP contribution in [0, 0.1) is 5.82 Å². The zero-order valence-electron chi connectivity index (χ0n) is 13.2. The number of carboxylic acid groups (broad SMARTS) is 1. The van der Waals surface area contributed by atoms with E-state index in [2.05, 4.69) is 0 Å². The van der Waals surface area contributed by atoms with E-state index in [1.54, 1.807) is 0 Å². The van der Waals surface area contributed by atoms with E-state index < -0.39 is 29.1 Å². The topological polar surface area (TPSA) is 77.9 Å². The molecule has 0 aromatic heterocycles. The van der Waals surface area contributed by atoms with Gasteiger partial charge in [-0.05, 0) is 25.0 Å². The number of carbonyl (C=O) groups excluding carboxylic acids is 2. The minimum absolute atomic E-state index is 0.00111. The first-order valence-electron chi connectivity index (χ1n) is 7.46. The number of piperidine rings is 1. The van der Waals surface area contributed by atoms with Crippen LogP contribution in [0.4, 0.5) is 10.1 Å². The third-order valence-electron chi connectivity index (χ3n) is 4.32. The van der Waals surface area contributed by atoms with Gasteiger partial charge < -0.3 is 10.0 Å². The molecule has 0 saturated carbocycles. The second-order valence-electron chi connectivity index (χ2n) is 5.66. The molecule has 1 fully saturated rings. The van der Waals surface area contributed by atoms with E-state index in [1.165, 1.54) is 30.0 Å². The Labute approximate surface area is 143 Å². The summed E-state index contributed by atoms with van der Waals surface area (Å²) in [6.07, 6.45) is -0.00223. The van der Waals surface area contributed by atoms with E-state index in [0.29, 0.717) is 0 Å². The summed E-state index contributed by atoms with van der Waals surface area (Å²) in [4.78, 5) is 38.3. The molecule has 24 heavy (non-hydrogen) atoms. The van der Waals surface area contributed by atoms with Gasteiger partial charge in [0.15, 0.2) is 0 Å². The number of halogens is 2. The van der Waals surface area contributed by atoms with E-state index in [9.17, 15) is 23.9 Å². The maximum atomic E-state index is 14.2. The summed E-state index contributed by atoms with van der Waals surface area (Å²) in [5, 5.41) is 9.82. The van der Waals surface area contributed by atoms with E-state index in [0.717, 1.165) is 11.0 Å². The quantitative estimate of drug-likeness (QED) is 0.835. The van der Waals surface area contributed by atoms with Crippen LogP contribution < -0.4 is 4.90 Å². The molecule has 1 aliphatic heterocycles. The van der Waals surface area contributed by atoms with Gasteiger partial charge in [0.25, 0.3) is 0 Å². The number of para-hydroxylation sites is 1.